The van der Waals surface area contributed by atoms with Crippen molar-refractivity contribution < 1.29 is 9.59 Å². The molecule has 0 aromatic heterocycles. The molecule has 5 nitrogen and oxygen atoms in total. The topological polar surface area (TPSA) is 61.4 Å². The van der Waals surface area contributed by atoms with E-state index in [2.05, 4.69) is 55.7 Å². The average Bonchev–Trinajstić information content (AvgIpc) is 2.69. The molecule has 2 N–H and O–H groups in total. The highest BCUT2D eigenvalue weighted by atomic mass is 79.9. The normalized spacial score (nSPS) is 15.6. The van der Waals surface area contributed by atoms with Crippen LogP contribution in [-0.4, -0.2) is 35.3 Å². The van der Waals surface area contributed by atoms with Crippen molar-refractivity contribution in [1.82, 2.24) is 10.2 Å². The molecule has 1 heterocycles. The van der Waals surface area contributed by atoms with Crippen molar-refractivity contribution in [2.45, 2.75) is 45.7 Å². The van der Waals surface area contributed by atoms with Crippen LogP contribution in [0.4, 0.5) is 5.69 Å². The van der Waals surface area contributed by atoms with Crippen LogP contribution in [0.1, 0.15) is 49.5 Å². The van der Waals surface area contributed by atoms with Crippen molar-refractivity contribution in [2.24, 2.45) is 5.92 Å². The molecule has 0 spiro atoms. The van der Waals surface area contributed by atoms with Crippen molar-refractivity contribution in [3.63, 3.8) is 0 Å². The Morgan fingerprint density at radius 3 is 2.30 bits per heavy atom. The number of likely N-dealkylation sites (tertiary alicyclic amines) is 1. The third-order valence-corrected chi connectivity index (χ3v) is 5.72. The van der Waals surface area contributed by atoms with Gasteiger partial charge in [0, 0.05) is 22.5 Å². The lowest BCUT2D eigenvalue weighted by molar-refractivity contribution is -0.121. The first-order chi connectivity index (χ1) is 14.2. The fourth-order valence-electron chi connectivity index (χ4n) is 3.63. The number of rotatable bonds is 5. The highest BCUT2D eigenvalue weighted by Gasteiger charge is 2.26. The molecule has 1 aliphatic heterocycles. The Kier molecular flexibility index (Phi) is 7.32. The van der Waals surface area contributed by atoms with E-state index in [1.54, 1.807) is 12.1 Å². The third kappa shape index (κ3) is 6.41. The summed E-state index contributed by atoms with van der Waals surface area (Å²) in [5.41, 5.74) is 2.01. The standard InChI is InChI=1S/C24H30BrN3O2/c1-24(2,3)27-23(30)20-6-4-5-7-21(20)26-22(29)18-12-14-28(15-13-18)16-17-8-10-19(25)11-9-17/h4-11,18H,12-16H2,1-3H3,(H,26,29)(H,27,30). The molecule has 0 saturated carbocycles. The molecule has 2 amide bonds. The van der Waals surface area contributed by atoms with Crippen LogP contribution >= 0.6 is 15.9 Å². The second-order valence-corrected chi connectivity index (χ2v) is 9.83. The predicted molar refractivity (Wildman–Crippen MR) is 124 cm³/mol. The van der Waals surface area contributed by atoms with Crippen molar-refractivity contribution in [3.8, 4) is 0 Å². The van der Waals surface area contributed by atoms with Gasteiger partial charge in [-0.05, 0) is 76.5 Å². The molecule has 0 bridgehead atoms. The molecular formula is C24H30BrN3O2. The van der Waals surface area contributed by atoms with E-state index in [0.29, 0.717) is 11.3 Å². The van der Waals surface area contributed by atoms with Crippen LogP contribution in [0, 0.1) is 5.92 Å². The minimum Gasteiger partial charge on any atom is -0.347 e. The first kappa shape index (κ1) is 22.5. The Morgan fingerprint density at radius 1 is 1.03 bits per heavy atom. The number of nitrogens with zero attached hydrogens (tertiary/aromatic N) is 1. The van der Waals surface area contributed by atoms with Crippen LogP contribution in [0.3, 0.4) is 0 Å². The minimum atomic E-state index is -0.337. The summed E-state index contributed by atoms with van der Waals surface area (Å²) < 4.78 is 1.08. The quantitative estimate of drug-likeness (QED) is 0.656. The monoisotopic (exact) mass is 471 g/mol. The largest absolute Gasteiger partial charge is 0.347 e. The lowest BCUT2D eigenvalue weighted by Gasteiger charge is -2.31. The van der Waals surface area contributed by atoms with Gasteiger partial charge in [0.15, 0.2) is 0 Å². The van der Waals surface area contributed by atoms with Gasteiger partial charge in [0.05, 0.1) is 11.3 Å². The molecule has 0 aliphatic carbocycles. The fourth-order valence-corrected chi connectivity index (χ4v) is 3.90. The number of nitrogens with one attached hydrogen (secondary N) is 2. The first-order valence-corrected chi connectivity index (χ1v) is 11.2. The van der Waals surface area contributed by atoms with Gasteiger partial charge in [0.1, 0.15) is 0 Å². The maximum Gasteiger partial charge on any atom is 0.253 e. The van der Waals surface area contributed by atoms with Gasteiger partial charge in [0.2, 0.25) is 5.91 Å². The van der Waals surface area contributed by atoms with Crippen LogP contribution in [0.5, 0.6) is 0 Å². The van der Waals surface area contributed by atoms with E-state index >= 15 is 0 Å². The lowest BCUT2D eigenvalue weighted by atomic mass is 9.95. The van der Waals surface area contributed by atoms with Gasteiger partial charge in [-0.15, -0.1) is 0 Å². The van der Waals surface area contributed by atoms with Crippen LogP contribution in [0.2, 0.25) is 0 Å². The van der Waals surface area contributed by atoms with Crippen molar-refractivity contribution >= 4 is 33.4 Å². The maximum atomic E-state index is 12.9. The third-order valence-electron chi connectivity index (χ3n) is 5.20. The Bertz CT molecular complexity index is 882. The minimum absolute atomic E-state index is 0.00528. The van der Waals surface area contributed by atoms with Crippen molar-refractivity contribution in [3.05, 3.63) is 64.1 Å². The number of carbonyl (C=O) groups is 2. The molecule has 0 unspecified atom stereocenters. The van der Waals surface area contributed by atoms with E-state index in [9.17, 15) is 9.59 Å². The number of para-hydroxylation sites is 1. The summed E-state index contributed by atoms with van der Waals surface area (Å²) in [6.45, 7) is 8.49. The summed E-state index contributed by atoms with van der Waals surface area (Å²) in [4.78, 5) is 27.9. The number of hydrogen-bond acceptors (Lipinski definition) is 3. The molecule has 6 heteroatoms. The molecule has 1 saturated heterocycles. The second kappa shape index (κ2) is 9.75. The highest BCUT2D eigenvalue weighted by molar-refractivity contribution is 9.10. The van der Waals surface area contributed by atoms with Crippen molar-refractivity contribution in [1.29, 1.82) is 0 Å². The van der Waals surface area contributed by atoms with E-state index in [4.69, 9.17) is 0 Å². The van der Waals surface area contributed by atoms with Crippen LogP contribution < -0.4 is 10.6 Å². The summed E-state index contributed by atoms with van der Waals surface area (Å²) in [5, 5.41) is 5.96. The molecule has 3 rings (SSSR count). The summed E-state index contributed by atoms with van der Waals surface area (Å²) in [5.74, 6) is -0.220. The van der Waals surface area contributed by atoms with Crippen molar-refractivity contribution in [2.75, 3.05) is 18.4 Å². The maximum absolute atomic E-state index is 12.9. The van der Waals surface area contributed by atoms with Gasteiger partial charge in [-0.3, -0.25) is 14.5 Å². The van der Waals surface area contributed by atoms with E-state index in [-0.39, 0.29) is 23.3 Å². The molecule has 0 atom stereocenters. The van der Waals surface area contributed by atoms with E-state index in [0.717, 1.165) is 36.9 Å². The Labute approximate surface area is 187 Å². The SMILES string of the molecule is CC(C)(C)NC(=O)c1ccccc1NC(=O)C1CCN(Cc2ccc(Br)cc2)CC1. The number of piperidine rings is 1. The van der Waals surface area contributed by atoms with Crippen LogP contribution in [0.25, 0.3) is 0 Å². The zero-order valence-corrected chi connectivity index (χ0v) is 19.5. The predicted octanol–water partition coefficient (Wildman–Crippen LogP) is 4.83. The fraction of sp³-hybridized carbons (Fsp3) is 0.417. The zero-order valence-electron chi connectivity index (χ0n) is 17.9. The lowest BCUT2D eigenvalue weighted by Crippen LogP contribution is -2.41. The van der Waals surface area contributed by atoms with Gasteiger partial charge in [-0.25, -0.2) is 0 Å². The van der Waals surface area contributed by atoms with E-state index in [1.807, 2.05) is 32.9 Å². The van der Waals surface area contributed by atoms with Gasteiger partial charge in [-0.1, -0.05) is 40.2 Å². The summed E-state index contributed by atoms with van der Waals surface area (Å²) >= 11 is 3.47. The summed E-state index contributed by atoms with van der Waals surface area (Å²) in [7, 11) is 0. The molecule has 1 fully saturated rings. The highest BCUT2D eigenvalue weighted by Crippen LogP contribution is 2.23. The van der Waals surface area contributed by atoms with Crippen LogP contribution in [-0.2, 0) is 11.3 Å². The van der Waals surface area contributed by atoms with Gasteiger partial charge in [-0.2, -0.15) is 0 Å². The number of hydrogen-bond donors (Lipinski definition) is 2. The van der Waals surface area contributed by atoms with E-state index in [1.165, 1.54) is 5.56 Å². The Balaban J connectivity index is 1.56. The Morgan fingerprint density at radius 2 is 1.67 bits per heavy atom. The zero-order chi connectivity index (χ0) is 21.7. The van der Waals surface area contributed by atoms with Gasteiger partial charge >= 0.3 is 0 Å². The molecule has 30 heavy (non-hydrogen) atoms. The number of amides is 2. The van der Waals surface area contributed by atoms with E-state index < -0.39 is 0 Å². The van der Waals surface area contributed by atoms with Crippen LogP contribution in [0.15, 0.2) is 53.0 Å². The van der Waals surface area contributed by atoms with Gasteiger partial charge in [0.25, 0.3) is 5.91 Å². The second-order valence-electron chi connectivity index (χ2n) is 8.92. The molecular weight excluding hydrogens is 442 g/mol. The van der Waals surface area contributed by atoms with Gasteiger partial charge < -0.3 is 10.6 Å². The molecule has 1 aliphatic rings. The first-order valence-electron chi connectivity index (χ1n) is 10.4. The average molecular weight is 472 g/mol. The number of anilines is 1. The smallest absolute Gasteiger partial charge is 0.253 e. The molecule has 160 valence electrons. The Hall–Kier alpha value is -2.18. The summed E-state index contributed by atoms with van der Waals surface area (Å²) in [6, 6.07) is 15.6. The molecule has 2 aromatic rings. The summed E-state index contributed by atoms with van der Waals surface area (Å²) in [6.07, 6.45) is 1.64. The molecule has 2 aromatic carbocycles. The molecule has 0 radical (unpaired) electrons. The number of halogens is 1. The number of benzene rings is 2. The number of carbonyl (C=O) groups excluding carboxylic acids is 2.